The Kier molecular flexibility index (Phi) is 4.30. The summed E-state index contributed by atoms with van der Waals surface area (Å²) in [5.74, 6) is -0.429. The molecular weight excluding hydrogens is 262 g/mol. The van der Waals surface area contributed by atoms with Crippen molar-refractivity contribution in [1.82, 2.24) is 4.98 Å². The number of carbonyl (C=O) groups is 1. The molecule has 2 aromatic rings. The SMILES string of the molecule is Cc1ccc(OCc2ccsc2)c(C=CC(=O)O)n1. The van der Waals surface area contributed by atoms with E-state index >= 15 is 0 Å². The summed E-state index contributed by atoms with van der Waals surface area (Å²) in [6.07, 6.45) is 2.50. The van der Waals surface area contributed by atoms with E-state index in [1.807, 2.05) is 29.8 Å². The lowest BCUT2D eigenvalue weighted by molar-refractivity contribution is -0.131. The van der Waals surface area contributed by atoms with Crippen LogP contribution in [-0.4, -0.2) is 16.1 Å². The Morgan fingerprint density at radius 3 is 3.00 bits per heavy atom. The second-order valence-corrected chi connectivity index (χ2v) is 4.71. The molecule has 0 aliphatic carbocycles. The van der Waals surface area contributed by atoms with Gasteiger partial charge in [0.1, 0.15) is 18.1 Å². The van der Waals surface area contributed by atoms with Gasteiger partial charge in [-0.05, 0) is 47.5 Å². The lowest BCUT2D eigenvalue weighted by atomic mass is 10.2. The first-order valence-corrected chi connectivity index (χ1v) is 6.62. The number of aliphatic carboxylic acids is 1. The number of ether oxygens (including phenoxy) is 1. The highest BCUT2D eigenvalue weighted by Gasteiger charge is 2.04. The molecule has 4 nitrogen and oxygen atoms in total. The van der Waals surface area contributed by atoms with Gasteiger partial charge in [0.15, 0.2) is 0 Å². The summed E-state index contributed by atoms with van der Waals surface area (Å²) in [6.45, 7) is 2.29. The number of pyridine rings is 1. The maximum atomic E-state index is 10.6. The molecule has 98 valence electrons. The van der Waals surface area contributed by atoms with Crippen LogP contribution in [0.4, 0.5) is 0 Å². The standard InChI is InChI=1S/C14H13NO3S/c1-10-2-4-13(12(15-10)3-5-14(16)17)18-8-11-6-7-19-9-11/h2-7,9H,8H2,1H3,(H,16,17). The molecule has 0 amide bonds. The Morgan fingerprint density at radius 1 is 1.47 bits per heavy atom. The second-order valence-electron chi connectivity index (χ2n) is 3.93. The van der Waals surface area contributed by atoms with Gasteiger partial charge in [0.05, 0.1) is 0 Å². The lowest BCUT2D eigenvalue weighted by Crippen LogP contribution is -1.98. The first-order chi connectivity index (χ1) is 9.15. The van der Waals surface area contributed by atoms with Crippen molar-refractivity contribution in [3.63, 3.8) is 0 Å². The third-order valence-electron chi connectivity index (χ3n) is 2.38. The molecule has 0 fully saturated rings. The Hall–Kier alpha value is -2.14. The van der Waals surface area contributed by atoms with E-state index in [9.17, 15) is 4.79 Å². The molecule has 2 aromatic heterocycles. The number of rotatable bonds is 5. The van der Waals surface area contributed by atoms with Crippen molar-refractivity contribution in [2.24, 2.45) is 0 Å². The van der Waals surface area contributed by atoms with Crippen LogP contribution in [0.2, 0.25) is 0 Å². The maximum absolute atomic E-state index is 10.6. The molecule has 0 atom stereocenters. The monoisotopic (exact) mass is 275 g/mol. The maximum Gasteiger partial charge on any atom is 0.328 e. The number of carboxylic acids is 1. The van der Waals surface area contributed by atoms with Crippen molar-refractivity contribution < 1.29 is 14.6 Å². The molecule has 1 N–H and O–H groups in total. The minimum Gasteiger partial charge on any atom is -0.487 e. The van der Waals surface area contributed by atoms with Crippen molar-refractivity contribution in [3.8, 4) is 5.75 Å². The topological polar surface area (TPSA) is 59.4 Å². The Morgan fingerprint density at radius 2 is 2.32 bits per heavy atom. The minimum atomic E-state index is -1.01. The van der Waals surface area contributed by atoms with Crippen LogP contribution in [0.15, 0.2) is 35.0 Å². The molecule has 2 rings (SSSR count). The average Bonchev–Trinajstić information content (AvgIpc) is 2.88. The Bertz CT molecular complexity index is 591. The zero-order valence-corrected chi connectivity index (χ0v) is 11.2. The van der Waals surface area contributed by atoms with E-state index in [1.165, 1.54) is 6.08 Å². The minimum absolute atomic E-state index is 0.447. The van der Waals surface area contributed by atoms with Crippen molar-refractivity contribution in [2.45, 2.75) is 13.5 Å². The first-order valence-electron chi connectivity index (χ1n) is 5.67. The van der Waals surface area contributed by atoms with Gasteiger partial charge in [-0.3, -0.25) is 0 Å². The molecule has 0 spiro atoms. The largest absolute Gasteiger partial charge is 0.487 e. The summed E-state index contributed by atoms with van der Waals surface area (Å²) in [5, 5.41) is 12.7. The van der Waals surface area contributed by atoms with Crippen LogP contribution in [0.3, 0.4) is 0 Å². The number of aryl methyl sites for hydroxylation is 1. The number of carboxylic acid groups (broad SMARTS) is 1. The van der Waals surface area contributed by atoms with Crippen molar-refractivity contribution in [1.29, 1.82) is 0 Å². The highest BCUT2D eigenvalue weighted by Crippen LogP contribution is 2.20. The Balaban J connectivity index is 2.16. The summed E-state index contributed by atoms with van der Waals surface area (Å²) in [4.78, 5) is 14.8. The van der Waals surface area contributed by atoms with Gasteiger partial charge in [0.2, 0.25) is 0 Å². The van der Waals surface area contributed by atoms with Gasteiger partial charge in [0.25, 0.3) is 0 Å². The number of aromatic nitrogens is 1. The van der Waals surface area contributed by atoms with Gasteiger partial charge < -0.3 is 9.84 Å². The number of hydrogen-bond acceptors (Lipinski definition) is 4. The smallest absolute Gasteiger partial charge is 0.328 e. The highest BCUT2D eigenvalue weighted by molar-refractivity contribution is 7.07. The molecule has 0 bridgehead atoms. The molecular formula is C14H13NO3S. The Labute approximate surface area is 115 Å². The van der Waals surface area contributed by atoms with Crippen molar-refractivity contribution in [2.75, 3.05) is 0 Å². The molecule has 2 heterocycles. The predicted octanol–water partition coefficient (Wildman–Crippen LogP) is 3.13. The fraction of sp³-hybridized carbons (Fsp3) is 0.143. The number of hydrogen-bond donors (Lipinski definition) is 1. The van der Waals surface area contributed by atoms with Gasteiger partial charge in [-0.2, -0.15) is 11.3 Å². The summed E-state index contributed by atoms with van der Waals surface area (Å²) < 4.78 is 5.67. The second kappa shape index (κ2) is 6.15. The number of thiophene rings is 1. The van der Waals surface area contributed by atoms with Crippen LogP contribution in [0.25, 0.3) is 6.08 Å². The highest BCUT2D eigenvalue weighted by atomic mass is 32.1. The van der Waals surface area contributed by atoms with Gasteiger partial charge in [-0.25, -0.2) is 9.78 Å². The molecule has 0 saturated heterocycles. The first kappa shape index (κ1) is 13.3. The van der Waals surface area contributed by atoms with Crippen molar-refractivity contribution in [3.05, 3.63) is 52.0 Å². The molecule has 0 radical (unpaired) electrons. The van der Waals surface area contributed by atoms with Gasteiger partial charge >= 0.3 is 5.97 Å². The van der Waals surface area contributed by atoms with Crippen LogP contribution < -0.4 is 4.74 Å². The molecule has 0 aliphatic rings. The van der Waals surface area contributed by atoms with E-state index < -0.39 is 5.97 Å². The quantitative estimate of drug-likeness (QED) is 0.852. The lowest BCUT2D eigenvalue weighted by Gasteiger charge is -2.08. The fourth-order valence-electron chi connectivity index (χ4n) is 1.49. The van der Waals surface area contributed by atoms with E-state index in [0.717, 1.165) is 17.3 Å². The fourth-order valence-corrected chi connectivity index (χ4v) is 2.14. The molecule has 19 heavy (non-hydrogen) atoms. The molecule has 0 unspecified atom stereocenters. The van der Waals surface area contributed by atoms with Crippen LogP contribution >= 0.6 is 11.3 Å². The zero-order chi connectivity index (χ0) is 13.7. The van der Waals surface area contributed by atoms with E-state index in [4.69, 9.17) is 9.84 Å². The average molecular weight is 275 g/mol. The summed E-state index contributed by atoms with van der Waals surface area (Å²) in [6, 6.07) is 5.62. The number of nitrogens with zero attached hydrogens (tertiary/aromatic N) is 1. The predicted molar refractivity (Wildman–Crippen MR) is 74.3 cm³/mol. The van der Waals surface area contributed by atoms with Crippen molar-refractivity contribution >= 4 is 23.4 Å². The van der Waals surface area contributed by atoms with Crippen LogP contribution in [-0.2, 0) is 11.4 Å². The molecule has 5 heteroatoms. The van der Waals surface area contributed by atoms with E-state index in [0.29, 0.717) is 18.1 Å². The third kappa shape index (κ3) is 3.93. The van der Waals surface area contributed by atoms with Gasteiger partial charge in [-0.15, -0.1) is 0 Å². The summed E-state index contributed by atoms with van der Waals surface area (Å²) in [7, 11) is 0. The van der Waals surface area contributed by atoms with E-state index in [-0.39, 0.29) is 0 Å². The zero-order valence-electron chi connectivity index (χ0n) is 10.4. The molecule has 0 aliphatic heterocycles. The van der Waals surface area contributed by atoms with Crippen LogP contribution in [0, 0.1) is 6.92 Å². The molecule has 0 aromatic carbocycles. The van der Waals surface area contributed by atoms with Gasteiger partial charge in [0, 0.05) is 11.8 Å². The van der Waals surface area contributed by atoms with Crippen LogP contribution in [0.5, 0.6) is 5.75 Å². The molecule has 0 saturated carbocycles. The van der Waals surface area contributed by atoms with E-state index in [2.05, 4.69) is 4.98 Å². The normalized spacial score (nSPS) is 10.8. The third-order valence-corrected chi connectivity index (χ3v) is 3.12. The summed E-state index contributed by atoms with van der Waals surface area (Å²) in [5.41, 5.74) is 2.42. The van der Waals surface area contributed by atoms with E-state index in [1.54, 1.807) is 17.4 Å². The summed E-state index contributed by atoms with van der Waals surface area (Å²) >= 11 is 1.61. The van der Waals surface area contributed by atoms with Crippen LogP contribution in [0.1, 0.15) is 17.0 Å². The van der Waals surface area contributed by atoms with Gasteiger partial charge in [-0.1, -0.05) is 0 Å².